The van der Waals surface area contributed by atoms with Crippen molar-refractivity contribution in [2.45, 2.75) is 45.2 Å². The van der Waals surface area contributed by atoms with Crippen molar-refractivity contribution in [3.63, 3.8) is 0 Å². The number of nitrogens with zero attached hydrogens (tertiary/aromatic N) is 2. The molecule has 0 radical (unpaired) electrons. The number of urea groups is 1. The fraction of sp³-hybridized carbons (Fsp3) is 0.500. The molecule has 1 aliphatic rings. The molecule has 134 valence electrons. The molecule has 3 rings (SSSR count). The van der Waals surface area contributed by atoms with E-state index in [4.69, 9.17) is 4.98 Å². The van der Waals surface area contributed by atoms with Gasteiger partial charge in [-0.3, -0.25) is 15.0 Å². The van der Waals surface area contributed by atoms with Gasteiger partial charge in [-0.1, -0.05) is 18.6 Å². The minimum atomic E-state index is -0.437. The van der Waals surface area contributed by atoms with Crippen molar-refractivity contribution in [2.75, 3.05) is 13.1 Å². The number of aromatic nitrogens is 1. The lowest BCUT2D eigenvalue weighted by atomic mass is 10.00. The van der Waals surface area contributed by atoms with E-state index in [1.54, 1.807) is 11.3 Å². The van der Waals surface area contributed by atoms with Crippen LogP contribution in [0.3, 0.4) is 0 Å². The number of piperidine rings is 1. The normalized spacial score (nSPS) is 19.5. The summed E-state index contributed by atoms with van der Waals surface area (Å²) >= 11 is 1.69. The van der Waals surface area contributed by atoms with Gasteiger partial charge in [0.15, 0.2) is 0 Å². The Morgan fingerprint density at radius 3 is 2.92 bits per heavy atom. The van der Waals surface area contributed by atoms with E-state index in [2.05, 4.69) is 21.6 Å². The summed E-state index contributed by atoms with van der Waals surface area (Å²) in [6, 6.07) is 7.43. The zero-order valence-corrected chi connectivity index (χ0v) is 15.4. The van der Waals surface area contributed by atoms with Crippen LogP contribution in [0.25, 0.3) is 10.2 Å². The van der Waals surface area contributed by atoms with E-state index in [9.17, 15) is 9.59 Å². The number of hydrogen-bond donors (Lipinski definition) is 2. The molecule has 0 bridgehead atoms. The fourth-order valence-corrected chi connectivity index (χ4v) is 4.41. The molecular formula is C18H24N4O2S. The van der Waals surface area contributed by atoms with Gasteiger partial charge in [-0.05, 0) is 45.4 Å². The molecule has 2 N–H and O–H groups in total. The van der Waals surface area contributed by atoms with Gasteiger partial charge in [-0.2, -0.15) is 0 Å². The molecule has 7 heteroatoms. The van der Waals surface area contributed by atoms with Crippen LogP contribution in [0.4, 0.5) is 4.79 Å². The first kappa shape index (κ1) is 17.8. The van der Waals surface area contributed by atoms with Crippen LogP contribution >= 0.6 is 11.3 Å². The second-order valence-corrected chi connectivity index (χ2v) is 7.36. The van der Waals surface area contributed by atoms with Gasteiger partial charge in [0.25, 0.3) is 0 Å². The maximum absolute atomic E-state index is 12.4. The fourth-order valence-electron chi connectivity index (χ4n) is 3.29. The highest BCUT2D eigenvalue weighted by Crippen LogP contribution is 2.36. The van der Waals surface area contributed by atoms with Crippen LogP contribution in [0, 0.1) is 0 Å². The van der Waals surface area contributed by atoms with Crippen LogP contribution < -0.4 is 10.6 Å². The van der Waals surface area contributed by atoms with Gasteiger partial charge in [0.2, 0.25) is 5.91 Å². The van der Waals surface area contributed by atoms with Gasteiger partial charge in [0.05, 0.1) is 22.3 Å². The molecule has 0 spiro atoms. The van der Waals surface area contributed by atoms with Crippen LogP contribution in [0.1, 0.15) is 44.2 Å². The lowest BCUT2D eigenvalue weighted by Gasteiger charge is -2.37. The number of likely N-dealkylation sites (tertiary alicyclic amines) is 1. The summed E-state index contributed by atoms with van der Waals surface area (Å²) in [5.41, 5.74) is 1.01. The van der Waals surface area contributed by atoms with Crippen molar-refractivity contribution in [1.29, 1.82) is 0 Å². The molecular weight excluding hydrogens is 336 g/mol. The highest BCUT2D eigenvalue weighted by Gasteiger charge is 2.33. The number of para-hydroxylation sites is 1. The van der Waals surface area contributed by atoms with Crippen LogP contribution in [-0.2, 0) is 4.79 Å². The van der Waals surface area contributed by atoms with Crippen LogP contribution in [0.2, 0.25) is 0 Å². The maximum atomic E-state index is 12.4. The van der Waals surface area contributed by atoms with Crippen LogP contribution in [0.15, 0.2) is 24.3 Å². The van der Waals surface area contributed by atoms with Gasteiger partial charge >= 0.3 is 6.03 Å². The average molecular weight is 360 g/mol. The molecule has 6 nitrogen and oxygen atoms in total. The van der Waals surface area contributed by atoms with Crippen molar-refractivity contribution in [3.05, 3.63) is 29.3 Å². The molecule has 2 unspecified atom stereocenters. The predicted molar refractivity (Wildman–Crippen MR) is 99.6 cm³/mol. The predicted octanol–water partition coefficient (Wildman–Crippen LogP) is 3.06. The second-order valence-electron chi connectivity index (χ2n) is 6.29. The van der Waals surface area contributed by atoms with Crippen molar-refractivity contribution in [1.82, 2.24) is 20.5 Å². The minimum Gasteiger partial charge on any atom is -0.338 e. The van der Waals surface area contributed by atoms with Gasteiger partial charge in [-0.15, -0.1) is 11.3 Å². The third-order valence-electron chi connectivity index (χ3n) is 4.59. The number of thiazole rings is 1. The van der Waals surface area contributed by atoms with E-state index in [-0.39, 0.29) is 18.0 Å². The average Bonchev–Trinajstić information content (AvgIpc) is 3.05. The standard InChI is InChI=1S/C18H24N4O2S/c1-3-19-18(24)21-16(23)12(2)22-11-7-6-9-14(22)17-20-13-8-4-5-10-15(13)25-17/h4-5,8,10,12,14H,3,6-7,9,11H2,1-2H3,(H2,19,21,23,24). The Balaban J connectivity index is 1.78. The first-order valence-electron chi connectivity index (χ1n) is 8.80. The molecule has 25 heavy (non-hydrogen) atoms. The van der Waals surface area contributed by atoms with Gasteiger partial charge in [-0.25, -0.2) is 9.78 Å². The lowest BCUT2D eigenvalue weighted by molar-refractivity contribution is -0.126. The summed E-state index contributed by atoms with van der Waals surface area (Å²) < 4.78 is 1.17. The highest BCUT2D eigenvalue weighted by atomic mass is 32.1. The van der Waals surface area contributed by atoms with E-state index >= 15 is 0 Å². The molecule has 1 aromatic carbocycles. The third-order valence-corrected chi connectivity index (χ3v) is 5.73. The van der Waals surface area contributed by atoms with Crippen LogP contribution in [-0.4, -0.2) is 41.0 Å². The van der Waals surface area contributed by atoms with Crippen molar-refractivity contribution < 1.29 is 9.59 Å². The first-order valence-corrected chi connectivity index (χ1v) is 9.61. The Hall–Kier alpha value is -1.99. The van der Waals surface area contributed by atoms with E-state index in [1.807, 2.05) is 32.0 Å². The zero-order valence-electron chi connectivity index (χ0n) is 14.6. The summed E-state index contributed by atoms with van der Waals surface area (Å²) in [4.78, 5) is 31.0. The van der Waals surface area contributed by atoms with E-state index < -0.39 is 6.03 Å². The second kappa shape index (κ2) is 7.93. The Morgan fingerprint density at radius 2 is 2.16 bits per heavy atom. The quantitative estimate of drug-likeness (QED) is 0.879. The molecule has 1 aromatic heterocycles. The molecule has 0 saturated carbocycles. The summed E-state index contributed by atoms with van der Waals surface area (Å²) in [5.74, 6) is -0.265. The third kappa shape index (κ3) is 3.99. The number of hydrogen-bond acceptors (Lipinski definition) is 5. The summed E-state index contributed by atoms with van der Waals surface area (Å²) in [7, 11) is 0. The number of amides is 3. The summed E-state index contributed by atoms with van der Waals surface area (Å²) in [6.45, 7) is 5.01. The number of rotatable bonds is 4. The van der Waals surface area contributed by atoms with Crippen LogP contribution in [0.5, 0.6) is 0 Å². The molecule has 2 aromatic rings. The molecule has 1 aliphatic heterocycles. The molecule has 1 fully saturated rings. The molecule has 0 aliphatic carbocycles. The number of nitrogens with one attached hydrogen (secondary N) is 2. The number of fused-ring (bicyclic) bond motifs is 1. The lowest BCUT2D eigenvalue weighted by Crippen LogP contribution is -2.51. The summed E-state index contributed by atoms with van der Waals surface area (Å²) in [6.07, 6.45) is 3.17. The highest BCUT2D eigenvalue weighted by molar-refractivity contribution is 7.18. The van der Waals surface area contributed by atoms with Crippen molar-refractivity contribution in [3.8, 4) is 0 Å². The van der Waals surface area contributed by atoms with E-state index in [1.165, 1.54) is 4.70 Å². The topological polar surface area (TPSA) is 74.3 Å². The van der Waals surface area contributed by atoms with E-state index in [0.29, 0.717) is 6.54 Å². The zero-order chi connectivity index (χ0) is 17.8. The Kier molecular flexibility index (Phi) is 5.65. The SMILES string of the molecule is CCNC(=O)NC(=O)C(C)N1CCCCC1c1nc2ccccc2s1. The first-order chi connectivity index (χ1) is 12.1. The molecule has 1 saturated heterocycles. The molecule has 3 amide bonds. The largest absolute Gasteiger partial charge is 0.338 e. The number of carbonyl (C=O) groups is 2. The monoisotopic (exact) mass is 360 g/mol. The molecule has 2 heterocycles. The summed E-state index contributed by atoms with van der Waals surface area (Å²) in [5, 5.41) is 6.08. The number of imide groups is 1. The molecule has 2 atom stereocenters. The van der Waals surface area contributed by atoms with Crippen molar-refractivity contribution in [2.24, 2.45) is 0 Å². The smallest absolute Gasteiger partial charge is 0.321 e. The minimum absolute atomic E-state index is 0.126. The van der Waals surface area contributed by atoms with Crippen molar-refractivity contribution >= 4 is 33.5 Å². The van der Waals surface area contributed by atoms with Gasteiger partial charge < -0.3 is 5.32 Å². The Bertz CT molecular complexity index is 727. The van der Waals surface area contributed by atoms with Gasteiger partial charge in [0.1, 0.15) is 5.01 Å². The van der Waals surface area contributed by atoms with E-state index in [0.717, 1.165) is 36.3 Å². The number of carbonyl (C=O) groups excluding carboxylic acids is 2. The Morgan fingerprint density at radius 1 is 1.36 bits per heavy atom. The van der Waals surface area contributed by atoms with Gasteiger partial charge in [0, 0.05) is 6.54 Å². The number of benzene rings is 1. The Labute approximate surface area is 151 Å². The maximum Gasteiger partial charge on any atom is 0.321 e.